The van der Waals surface area contributed by atoms with Crippen LogP contribution in [-0.2, 0) is 6.42 Å². The fourth-order valence-electron chi connectivity index (χ4n) is 3.26. The molecule has 0 radical (unpaired) electrons. The van der Waals surface area contributed by atoms with Crippen LogP contribution in [-0.4, -0.2) is 33.5 Å². The fourth-order valence-corrected chi connectivity index (χ4v) is 3.26. The molecule has 5 heteroatoms. The molecule has 0 spiro atoms. The fraction of sp³-hybridized carbons (Fsp3) is 0.381. The lowest BCUT2D eigenvalue weighted by Crippen LogP contribution is -2.43. The standard InChI is InChI=1S/C21H26N4O/c1-15(2)12-17-4-6-19(7-5-17)24-21(26)25-11-8-18(13-16(25)3)20-14-22-9-10-23-20/h4-7,9-10,13-16H,8,11-12H2,1-3H3,(H,24,26)/t16-/m1/s1. The van der Waals surface area contributed by atoms with Crippen LogP contribution in [0.25, 0.3) is 5.57 Å². The molecule has 0 fully saturated rings. The third kappa shape index (κ3) is 4.48. The molecule has 0 saturated heterocycles. The van der Waals surface area contributed by atoms with Crippen LogP contribution < -0.4 is 5.32 Å². The van der Waals surface area contributed by atoms with Crippen molar-refractivity contribution in [2.24, 2.45) is 5.92 Å². The topological polar surface area (TPSA) is 58.1 Å². The van der Waals surface area contributed by atoms with Crippen molar-refractivity contribution in [2.45, 2.75) is 39.7 Å². The molecule has 2 aromatic rings. The smallest absolute Gasteiger partial charge is 0.318 e. The van der Waals surface area contributed by atoms with Crippen LogP contribution in [0, 0.1) is 5.92 Å². The van der Waals surface area contributed by atoms with E-state index in [1.807, 2.05) is 24.0 Å². The molecule has 1 N–H and O–H groups in total. The lowest BCUT2D eigenvalue weighted by atomic mass is 10.0. The lowest BCUT2D eigenvalue weighted by Gasteiger charge is -2.32. The summed E-state index contributed by atoms with van der Waals surface area (Å²) in [4.78, 5) is 23.0. The van der Waals surface area contributed by atoms with E-state index in [9.17, 15) is 4.79 Å². The number of hydrogen-bond donors (Lipinski definition) is 1. The van der Waals surface area contributed by atoms with Gasteiger partial charge in [-0.25, -0.2) is 4.79 Å². The maximum atomic E-state index is 12.6. The number of aromatic nitrogens is 2. The zero-order valence-corrected chi connectivity index (χ0v) is 15.6. The highest BCUT2D eigenvalue weighted by Crippen LogP contribution is 2.24. The number of nitrogens with one attached hydrogen (secondary N) is 1. The predicted octanol–water partition coefficient (Wildman–Crippen LogP) is 4.38. The number of anilines is 1. The van der Waals surface area contributed by atoms with Crippen LogP contribution in [0.1, 0.15) is 38.4 Å². The molecule has 3 rings (SSSR count). The number of carbonyl (C=O) groups is 1. The summed E-state index contributed by atoms with van der Waals surface area (Å²) in [5.74, 6) is 0.625. The second-order valence-electron chi connectivity index (χ2n) is 7.19. The Labute approximate surface area is 155 Å². The van der Waals surface area contributed by atoms with Crippen molar-refractivity contribution in [3.63, 3.8) is 0 Å². The van der Waals surface area contributed by atoms with E-state index in [4.69, 9.17) is 0 Å². The Morgan fingerprint density at radius 3 is 2.65 bits per heavy atom. The third-order valence-electron chi connectivity index (χ3n) is 4.56. The minimum absolute atomic E-state index is 0.0148. The van der Waals surface area contributed by atoms with Gasteiger partial charge < -0.3 is 10.2 Å². The van der Waals surface area contributed by atoms with E-state index in [2.05, 4.69) is 47.3 Å². The van der Waals surface area contributed by atoms with Gasteiger partial charge in [-0.15, -0.1) is 0 Å². The van der Waals surface area contributed by atoms with Crippen molar-refractivity contribution in [1.82, 2.24) is 14.9 Å². The quantitative estimate of drug-likeness (QED) is 0.890. The summed E-state index contributed by atoms with van der Waals surface area (Å²) in [5.41, 5.74) is 4.16. The van der Waals surface area contributed by atoms with E-state index in [1.54, 1.807) is 18.6 Å². The number of rotatable bonds is 4. The number of nitrogens with zero attached hydrogens (tertiary/aromatic N) is 3. The predicted molar refractivity (Wildman–Crippen MR) is 105 cm³/mol. The number of benzene rings is 1. The van der Waals surface area contributed by atoms with Crippen LogP contribution in [0.5, 0.6) is 0 Å². The Balaban J connectivity index is 1.63. The molecule has 1 atom stereocenters. The van der Waals surface area contributed by atoms with Gasteiger partial charge in [-0.3, -0.25) is 9.97 Å². The molecule has 0 aliphatic carbocycles. The monoisotopic (exact) mass is 350 g/mol. The molecule has 1 aliphatic rings. The van der Waals surface area contributed by atoms with E-state index in [0.717, 1.165) is 29.8 Å². The molecule has 1 aromatic carbocycles. The van der Waals surface area contributed by atoms with Crippen LogP contribution in [0.4, 0.5) is 10.5 Å². The van der Waals surface area contributed by atoms with E-state index < -0.39 is 0 Å². The Morgan fingerprint density at radius 1 is 1.27 bits per heavy atom. The first kappa shape index (κ1) is 18.1. The average molecular weight is 350 g/mol. The summed E-state index contributed by atoms with van der Waals surface area (Å²) in [6.45, 7) is 7.11. The molecule has 26 heavy (non-hydrogen) atoms. The minimum Gasteiger partial charge on any atom is -0.318 e. The van der Waals surface area contributed by atoms with Gasteiger partial charge in [0.05, 0.1) is 11.9 Å². The summed E-state index contributed by atoms with van der Waals surface area (Å²) in [6.07, 6.45) is 9.06. The maximum absolute atomic E-state index is 12.6. The summed E-state index contributed by atoms with van der Waals surface area (Å²) < 4.78 is 0. The van der Waals surface area contributed by atoms with Gasteiger partial charge >= 0.3 is 6.03 Å². The first-order valence-electron chi connectivity index (χ1n) is 9.16. The zero-order chi connectivity index (χ0) is 18.5. The molecule has 0 saturated carbocycles. The highest BCUT2D eigenvalue weighted by molar-refractivity contribution is 5.90. The molecule has 2 amide bonds. The van der Waals surface area contributed by atoms with E-state index >= 15 is 0 Å². The van der Waals surface area contributed by atoms with Crippen LogP contribution >= 0.6 is 0 Å². The van der Waals surface area contributed by atoms with E-state index in [0.29, 0.717) is 12.5 Å². The normalized spacial score (nSPS) is 17.2. The molecular formula is C21H26N4O. The first-order valence-corrected chi connectivity index (χ1v) is 9.16. The third-order valence-corrected chi connectivity index (χ3v) is 4.56. The van der Waals surface area contributed by atoms with Crippen molar-refractivity contribution in [1.29, 1.82) is 0 Å². The van der Waals surface area contributed by atoms with Crippen LogP contribution in [0.2, 0.25) is 0 Å². The minimum atomic E-state index is -0.0662. The van der Waals surface area contributed by atoms with Gasteiger partial charge in [0.15, 0.2) is 0 Å². The van der Waals surface area contributed by atoms with Crippen molar-refractivity contribution >= 4 is 17.3 Å². The molecule has 136 valence electrons. The summed E-state index contributed by atoms with van der Waals surface area (Å²) in [6, 6.07) is 8.07. The van der Waals surface area contributed by atoms with Crippen molar-refractivity contribution < 1.29 is 4.79 Å². The van der Waals surface area contributed by atoms with Gasteiger partial charge in [-0.1, -0.05) is 32.1 Å². The lowest BCUT2D eigenvalue weighted by molar-refractivity contribution is 0.202. The van der Waals surface area contributed by atoms with Gasteiger partial charge in [0, 0.05) is 30.7 Å². The Hall–Kier alpha value is -2.69. The van der Waals surface area contributed by atoms with E-state index in [-0.39, 0.29) is 12.1 Å². The second kappa shape index (κ2) is 8.13. The van der Waals surface area contributed by atoms with E-state index in [1.165, 1.54) is 5.56 Å². The van der Waals surface area contributed by atoms with Gasteiger partial charge in [-0.2, -0.15) is 0 Å². The molecule has 5 nitrogen and oxygen atoms in total. The van der Waals surface area contributed by atoms with Gasteiger partial charge in [0.2, 0.25) is 0 Å². The molecule has 1 aliphatic heterocycles. The van der Waals surface area contributed by atoms with Gasteiger partial charge in [0.25, 0.3) is 0 Å². The SMILES string of the molecule is CC(C)Cc1ccc(NC(=O)N2CCC(c3cnccn3)=C[C@H]2C)cc1. The van der Waals surface area contributed by atoms with Crippen molar-refractivity contribution in [3.05, 3.63) is 60.2 Å². The molecule has 0 bridgehead atoms. The molecule has 0 unspecified atom stereocenters. The maximum Gasteiger partial charge on any atom is 0.322 e. The highest BCUT2D eigenvalue weighted by Gasteiger charge is 2.24. The Morgan fingerprint density at radius 2 is 2.04 bits per heavy atom. The summed E-state index contributed by atoms with van der Waals surface area (Å²) in [7, 11) is 0. The van der Waals surface area contributed by atoms with Gasteiger partial charge in [-0.05, 0) is 49.0 Å². The summed E-state index contributed by atoms with van der Waals surface area (Å²) >= 11 is 0. The molecular weight excluding hydrogens is 324 g/mol. The second-order valence-corrected chi connectivity index (χ2v) is 7.19. The average Bonchev–Trinajstić information content (AvgIpc) is 2.63. The van der Waals surface area contributed by atoms with Gasteiger partial charge in [0.1, 0.15) is 0 Å². The van der Waals surface area contributed by atoms with Crippen LogP contribution in [0.3, 0.4) is 0 Å². The zero-order valence-electron chi connectivity index (χ0n) is 15.6. The summed E-state index contributed by atoms with van der Waals surface area (Å²) in [5, 5.41) is 3.01. The molecule has 1 aromatic heterocycles. The van der Waals surface area contributed by atoms with Crippen molar-refractivity contribution in [2.75, 3.05) is 11.9 Å². The highest BCUT2D eigenvalue weighted by atomic mass is 16.2. The van der Waals surface area contributed by atoms with Crippen LogP contribution in [0.15, 0.2) is 48.9 Å². The largest absolute Gasteiger partial charge is 0.322 e. The number of hydrogen-bond acceptors (Lipinski definition) is 3. The van der Waals surface area contributed by atoms with Crippen molar-refractivity contribution in [3.8, 4) is 0 Å². The Kier molecular flexibility index (Phi) is 5.66. The first-order chi connectivity index (χ1) is 12.5. The number of urea groups is 1. The molecule has 2 heterocycles. The number of carbonyl (C=O) groups excluding carboxylic acids is 1. The Bertz CT molecular complexity index is 768. The number of amides is 2.